The standard InChI is InChI=1S/C11H16O3/c1-8(2)14-10-7-5-6-9(12-3)11(10)13-4/h5-8H,1-4H3. The fraction of sp³-hybridized carbons (Fsp3) is 0.455. The smallest absolute Gasteiger partial charge is 0.203 e. The summed E-state index contributed by atoms with van der Waals surface area (Å²) in [4.78, 5) is 0. The van der Waals surface area contributed by atoms with Crippen LogP contribution < -0.4 is 14.2 Å². The summed E-state index contributed by atoms with van der Waals surface area (Å²) < 4.78 is 15.9. The molecule has 0 aliphatic rings. The van der Waals surface area contributed by atoms with Gasteiger partial charge in [0, 0.05) is 0 Å². The van der Waals surface area contributed by atoms with Gasteiger partial charge in [-0.1, -0.05) is 6.07 Å². The molecule has 0 unspecified atom stereocenters. The van der Waals surface area contributed by atoms with Gasteiger partial charge in [0.2, 0.25) is 5.75 Å². The molecule has 0 atom stereocenters. The Morgan fingerprint density at radius 1 is 1.00 bits per heavy atom. The highest BCUT2D eigenvalue weighted by molar-refractivity contribution is 5.51. The van der Waals surface area contributed by atoms with E-state index in [1.54, 1.807) is 14.2 Å². The van der Waals surface area contributed by atoms with Crippen LogP contribution in [0.2, 0.25) is 0 Å². The van der Waals surface area contributed by atoms with Crippen molar-refractivity contribution in [3.8, 4) is 17.2 Å². The van der Waals surface area contributed by atoms with Gasteiger partial charge in [0.15, 0.2) is 11.5 Å². The first-order chi connectivity index (χ1) is 6.69. The summed E-state index contributed by atoms with van der Waals surface area (Å²) >= 11 is 0. The molecule has 0 saturated heterocycles. The molecular formula is C11H16O3. The van der Waals surface area contributed by atoms with Crippen molar-refractivity contribution in [2.45, 2.75) is 20.0 Å². The van der Waals surface area contributed by atoms with E-state index in [2.05, 4.69) is 0 Å². The number of hydrogen-bond acceptors (Lipinski definition) is 3. The quantitative estimate of drug-likeness (QED) is 0.740. The zero-order chi connectivity index (χ0) is 10.6. The number of benzene rings is 1. The summed E-state index contributed by atoms with van der Waals surface area (Å²) in [6.07, 6.45) is 0.121. The van der Waals surface area contributed by atoms with E-state index in [-0.39, 0.29) is 6.10 Å². The SMILES string of the molecule is COc1cccc(OC(C)C)c1OC. The van der Waals surface area contributed by atoms with Crippen LogP contribution in [0.15, 0.2) is 18.2 Å². The van der Waals surface area contributed by atoms with Crippen molar-refractivity contribution in [2.24, 2.45) is 0 Å². The van der Waals surface area contributed by atoms with E-state index in [0.717, 1.165) is 0 Å². The fourth-order valence-corrected chi connectivity index (χ4v) is 1.20. The molecule has 0 radical (unpaired) electrons. The summed E-state index contributed by atoms with van der Waals surface area (Å²) in [5.41, 5.74) is 0. The van der Waals surface area contributed by atoms with Crippen LogP contribution in [0.3, 0.4) is 0 Å². The lowest BCUT2D eigenvalue weighted by molar-refractivity contribution is 0.226. The Kier molecular flexibility index (Phi) is 3.63. The molecule has 14 heavy (non-hydrogen) atoms. The molecule has 0 aromatic heterocycles. The van der Waals surface area contributed by atoms with Gasteiger partial charge in [0.1, 0.15) is 0 Å². The van der Waals surface area contributed by atoms with Crippen molar-refractivity contribution >= 4 is 0 Å². The van der Waals surface area contributed by atoms with Crippen LogP contribution >= 0.6 is 0 Å². The molecule has 1 aromatic carbocycles. The molecule has 0 aliphatic heterocycles. The maximum atomic E-state index is 5.57. The average Bonchev–Trinajstić information content (AvgIpc) is 2.16. The summed E-state index contributed by atoms with van der Waals surface area (Å²) in [7, 11) is 3.21. The van der Waals surface area contributed by atoms with Crippen LogP contribution in [0, 0.1) is 0 Å². The van der Waals surface area contributed by atoms with E-state index in [4.69, 9.17) is 14.2 Å². The Labute approximate surface area is 84.6 Å². The Hall–Kier alpha value is -1.38. The average molecular weight is 196 g/mol. The van der Waals surface area contributed by atoms with Crippen molar-refractivity contribution in [2.75, 3.05) is 14.2 Å². The van der Waals surface area contributed by atoms with Gasteiger partial charge >= 0.3 is 0 Å². The lowest BCUT2D eigenvalue weighted by Gasteiger charge is -2.15. The second-order valence-electron chi connectivity index (χ2n) is 3.16. The zero-order valence-corrected chi connectivity index (χ0v) is 9.03. The van der Waals surface area contributed by atoms with Crippen LogP contribution in [-0.4, -0.2) is 20.3 Å². The molecule has 3 heteroatoms. The van der Waals surface area contributed by atoms with Crippen molar-refractivity contribution < 1.29 is 14.2 Å². The first-order valence-corrected chi connectivity index (χ1v) is 4.56. The summed E-state index contributed by atoms with van der Waals surface area (Å²) in [5, 5.41) is 0. The second kappa shape index (κ2) is 4.74. The topological polar surface area (TPSA) is 27.7 Å². The number of para-hydroxylation sites is 1. The Morgan fingerprint density at radius 2 is 1.64 bits per heavy atom. The van der Waals surface area contributed by atoms with E-state index >= 15 is 0 Å². The maximum Gasteiger partial charge on any atom is 0.203 e. The fourth-order valence-electron chi connectivity index (χ4n) is 1.20. The normalized spacial score (nSPS) is 10.1. The molecule has 3 nitrogen and oxygen atoms in total. The van der Waals surface area contributed by atoms with Gasteiger partial charge in [-0.2, -0.15) is 0 Å². The van der Waals surface area contributed by atoms with E-state index in [1.807, 2.05) is 32.0 Å². The molecule has 0 bridgehead atoms. The molecule has 1 aromatic rings. The van der Waals surface area contributed by atoms with Crippen LogP contribution in [0.1, 0.15) is 13.8 Å². The van der Waals surface area contributed by atoms with Crippen LogP contribution in [0.25, 0.3) is 0 Å². The lowest BCUT2D eigenvalue weighted by Crippen LogP contribution is -2.07. The summed E-state index contributed by atoms with van der Waals surface area (Å²) in [6, 6.07) is 5.58. The molecule has 0 aliphatic carbocycles. The summed E-state index contributed by atoms with van der Waals surface area (Å²) in [6.45, 7) is 3.94. The molecule has 0 saturated carbocycles. The minimum absolute atomic E-state index is 0.121. The summed E-state index contributed by atoms with van der Waals surface area (Å²) in [5.74, 6) is 2.04. The second-order valence-corrected chi connectivity index (χ2v) is 3.16. The lowest BCUT2D eigenvalue weighted by atomic mass is 10.3. The largest absolute Gasteiger partial charge is 0.493 e. The van der Waals surface area contributed by atoms with Crippen LogP contribution in [-0.2, 0) is 0 Å². The maximum absolute atomic E-state index is 5.57. The molecule has 0 fully saturated rings. The van der Waals surface area contributed by atoms with Crippen molar-refractivity contribution in [3.05, 3.63) is 18.2 Å². The predicted molar refractivity (Wildman–Crippen MR) is 55.3 cm³/mol. The molecule has 0 N–H and O–H groups in total. The van der Waals surface area contributed by atoms with Gasteiger partial charge < -0.3 is 14.2 Å². The number of methoxy groups -OCH3 is 2. The minimum Gasteiger partial charge on any atom is -0.493 e. The Morgan fingerprint density at radius 3 is 2.14 bits per heavy atom. The van der Waals surface area contributed by atoms with Crippen molar-refractivity contribution in [1.29, 1.82) is 0 Å². The van der Waals surface area contributed by atoms with Crippen molar-refractivity contribution in [3.63, 3.8) is 0 Å². The van der Waals surface area contributed by atoms with Gasteiger partial charge in [0.05, 0.1) is 20.3 Å². The highest BCUT2D eigenvalue weighted by Gasteiger charge is 2.11. The predicted octanol–water partition coefficient (Wildman–Crippen LogP) is 2.49. The highest BCUT2D eigenvalue weighted by Crippen LogP contribution is 2.36. The molecular weight excluding hydrogens is 180 g/mol. The van der Waals surface area contributed by atoms with Gasteiger partial charge in [-0.05, 0) is 26.0 Å². The third kappa shape index (κ3) is 2.31. The third-order valence-corrected chi connectivity index (χ3v) is 1.73. The molecule has 0 spiro atoms. The van der Waals surface area contributed by atoms with Crippen molar-refractivity contribution in [1.82, 2.24) is 0 Å². The van der Waals surface area contributed by atoms with E-state index < -0.39 is 0 Å². The number of hydrogen-bond donors (Lipinski definition) is 0. The van der Waals surface area contributed by atoms with Crippen LogP contribution in [0.4, 0.5) is 0 Å². The third-order valence-electron chi connectivity index (χ3n) is 1.73. The first-order valence-electron chi connectivity index (χ1n) is 4.56. The van der Waals surface area contributed by atoms with Crippen LogP contribution in [0.5, 0.6) is 17.2 Å². The van der Waals surface area contributed by atoms with Gasteiger partial charge in [-0.25, -0.2) is 0 Å². The Bertz CT molecular complexity index is 295. The number of rotatable bonds is 4. The molecule has 78 valence electrons. The van der Waals surface area contributed by atoms with Gasteiger partial charge in [-0.15, -0.1) is 0 Å². The molecule has 1 rings (SSSR count). The van der Waals surface area contributed by atoms with Gasteiger partial charge in [0.25, 0.3) is 0 Å². The highest BCUT2D eigenvalue weighted by atomic mass is 16.5. The Balaban J connectivity index is 3.02. The van der Waals surface area contributed by atoms with E-state index in [1.165, 1.54) is 0 Å². The minimum atomic E-state index is 0.121. The monoisotopic (exact) mass is 196 g/mol. The molecule has 0 heterocycles. The van der Waals surface area contributed by atoms with Gasteiger partial charge in [-0.3, -0.25) is 0 Å². The van der Waals surface area contributed by atoms with E-state index in [0.29, 0.717) is 17.2 Å². The zero-order valence-electron chi connectivity index (χ0n) is 9.03. The molecule has 0 amide bonds. The van der Waals surface area contributed by atoms with E-state index in [9.17, 15) is 0 Å². The first kappa shape index (κ1) is 10.7. The number of ether oxygens (including phenoxy) is 3.